The Bertz CT molecular complexity index is 642. The van der Waals surface area contributed by atoms with Gasteiger partial charge in [-0.15, -0.1) is 0 Å². The van der Waals surface area contributed by atoms with Crippen LogP contribution in [0, 0.1) is 20.8 Å². The van der Waals surface area contributed by atoms with Crippen molar-refractivity contribution in [2.45, 2.75) is 27.2 Å². The van der Waals surface area contributed by atoms with Crippen LogP contribution in [0.3, 0.4) is 0 Å². The van der Waals surface area contributed by atoms with Crippen LogP contribution in [-0.4, -0.2) is 16.1 Å². The fraction of sp³-hybridized carbons (Fsp3) is 0.333. The molecule has 0 aliphatic rings. The van der Waals surface area contributed by atoms with Crippen LogP contribution in [0.5, 0.6) is 0 Å². The maximum atomic E-state index is 12.7. The number of aromatic nitrogens is 1. The van der Waals surface area contributed by atoms with Gasteiger partial charge in [0.25, 0.3) is 6.43 Å². The summed E-state index contributed by atoms with van der Waals surface area (Å²) in [5.74, 6) is -1.55. The predicted octanol–water partition coefficient (Wildman–Crippen LogP) is 3.50. The molecule has 0 unspecified atom stereocenters. The van der Waals surface area contributed by atoms with Gasteiger partial charge in [0, 0.05) is 5.56 Å². The molecule has 2 aromatic heterocycles. The highest BCUT2D eigenvalue weighted by atomic mass is 19.3. The molecule has 0 amide bonds. The molecule has 2 aromatic rings. The number of aryl methyl sites for hydroxylation is 2. The average molecular weight is 271 g/mol. The maximum absolute atomic E-state index is 12.7. The highest BCUT2D eigenvalue weighted by Gasteiger charge is 2.28. The molecule has 0 spiro atoms. The Morgan fingerprint density at radius 3 is 2.21 bits per heavy atom. The number of oxazole rings is 1. The lowest BCUT2D eigenvalue weighted by Crippen LogP contribution is -1.99. The number of carboxylic acids is 1. The lowest BCUT2D eigenvalue weighted by Gasteiger charge is -1.93. The molecule has 5 nitrogen and oxygen atoms in total. The fourth-order valence-electron chi connectivity index (χ4n) is 1.85. The van der Waals surface area contributed by atoms with Crippen LogP contribution in [0.1, 0.15) is 39.8 Å². The number of hydrogen-bond donors (Lipinski definition) is 1. The third-order valence-electron chi connectivity index (χ3n) is 2.83. The van der Waals surface area contributed by atoms with Crippen LogP contribution >= 0.6 is 0 Å². The molecule has 0 aliphatic heterocycles. The lowest BCUT2D eigenvalue weighted by atomic mass is 10.1. The number of furan rings is 1. The second-order valence-electron chi connectivity index (χ2n) is 4.05. The molecule has 102 valence electrons. The summed E-state index contributed by atoms with van der Waals surface area (Å²) in [6.45, 7) is 5.05. The molecule has 0 fully saturated rings. The second kappa shape index (κ2) is 4.49. The van der Waals surface area contributed by atoms with Gasteiger partial charge in [-0.25, -0.2) is 18.6 Å². The van der Waals surface area contributed by atoms with E-state index < -0.39 is 23.8 Å². The summed E-state index contributed by atoms with van der Waals surface area (Å²) in [7, 11) is 0. The van der Waals surface area contributed by atoms with Crippen LogP contribution in [-0.2, 0) is 0 Å². The Hall–Kier alpha value is -2.18. The van der Waals surface area contributed by atoms with E-state index in [1.54, 1.807) is 20.8 Å². The van der Waals surface area contributed by atoms with E-state index in [2.05, 4.69) is 4.98 Å². The van der Waals surface area contributed by atoms with Crippen molar-refractivity contribution in [1.29, 1.82) is 0 Å². The monoisotopic (exact) mass is 271 g/mol. The summed E-state index contributed by atoms with van der Waals surface area (Å²) in [6, 6.07) is 0. The van der Waals surface area contributed by atoms with Gasteiger partial charge in [0.1, 0.15) is 11.5 Å². The number of carbonyl (C=O) groups is 1. The third-order valence-corrected chi connectivity index (χ3v) is 2.83. The van der Waals surface area contributed by atoms with E-state index in [-0.39, 0.29) is 5.89 Å². The highest BCUT2D eigenvalue weighted by Crippen LogP contribution is 2.34. The van der Waals surface area contributed by atoms with Crippen molar-refractivity contribution in [3.63, 3.8) is 0 Å². The van der Waals surface area contributed by atoms with E-state index in [4.69, 9.17) is 13.9 Å². The highest BCUT2D eigenvalue weighted by molar-refractivity contribution is 5.86. The first-order chi connectivity index (χ1) is 8.82. The molecule has 0 aromatic carbocycles. The van der Waals surface area contributed by atoms with Crippen molar-refractivity contribution >= 4 is 5.97 Å². The Morgan fingerprint density at radius 2 is 1.84 bits per heavy atom. The zero-order valence-corrected chi connectivity index (χ0v) is 10.5. The topological polar surface area (TPSA) is 76.5 Å². The first-order valence-electron chi connectivity index (χ1n) is 5.42. The van der Waals surface area contributed by atoms with Crippen LogP contribution in [0.4, 0.5) is 8.78 Å². The molecule has 0 saturated carbocycles. The fourth-order valence-corrected chi connectivity index (χ4v) is 1.85. The number of aromatic carboxylic acids is 1. The van der Waals surface area contributed by atoms with Crippen molar-refractivity contribution in [2.75, 3.05) is 0 Å². The predicted molar refractivity (Wildman–Crippen MR) is 60.3 cm³/mol. The molecule has 2 heterocycles. The van der Waals surface area contributed by atoms with E-state index in [1.165, 1.54) is 0 Å². The lowest BCUT2D eigenvalue weighted by molar-refractivity contribution is 0.0646. The quantitative estimate of drug-likeness (QED) is 0.924. The summed E-state index contributed by atoms with van der Waals surface area (Å²) in [5, 5.41) is 8.83. The number of rotatable bonds is 3. The van der Waals surface area contributed by atoms with Crippen molar-refractivity contribution < 1.29 is 27.5 Å². The van der Waals surface area contributed by atoms with Crippen LogP contribution < -0.4 is 0 Å². The van der Waals surface area contributed by atoms with Crippen molar-refractivity contribution in [1.82, 2.24) is 4.98 Å². The first kappa shape index (κ1) is 13.3. The largest absolute Gasteiger partial charge is 0.475 e. The Morgan fingerprint density at radius 1 is 1.21 bits per heavy atom. The molecular weight excluding hydrogens is 260 g/mol. The molecule has 0 atom stereocenters. The summed E-state index contributed by atoms with van der Waals surface area (Å²) < 4.78 is 35.7. The minimum atomic E-state index is -3.02. The van der Waals surface area contributed by atoms with Gasteiger partial charge in [0.15, 0.2) is 5.69 Å². The van der Waals surface area contributed by atoms with Gasteiger partial charge < -0.3 is 13.9 Å². The summed E-state index contributed by atoms with van der Waals surface area (Å²) in [6.07, 6.45) is -3.02. The third kappa shape index (κ3) is 2.11. The molecule has 0 radical (unpaired) electrons. The van der Waals surface area contributed by atoms with Crippen molar-refractivity contribution in [3.05, 3.63) is 28.5 Å². The van der Waals surface area contributed by atoms with Gasteiger partial charge >= 0.3 is 5.97 Å². The molecule has 0 aliphatic carbocycles. The minimum absolute atomic E-state index is 0.167. The normalized spacial score (nSPS) is 11.3. The second-order valence-corrected chi connectivity index (χ2v) is 4.05. The SMILES string of the molecule is Cc1oc(C)c(-c2nc(C(F)F)c(C(=O)O)o2)c1C. The van der Waals surface area contributed by atoms with Gasteiger partial charge in [0.05, 0.1) is 5.56 Å². The van der Waals surface area contributed by atoms with Crippen LogP contribution in [0.15, 0.2) is 8.83 Å². The molecule has 19 heavy (non-hydrogen) atoms. The van der Waals surface area contributed by atoms with E-state index in [9.17, 15) is 13.6 Å². The van der Waals surface area contributed by atoms with Crippen LogP contribution in [0.25, 0.3) is 11.5 Å². The standard InChI is InChI=1S/C12H11F2NO4/c1-4-5(2)18-6(3)7(4)11-15-8(10(13)14)9(19-11)12(16)17/h10H,1-3H3,(H,16,17). The van der Waals surface area contributed by atoms with Gasteiger partial charge in [-0.3, -0.25) is 0 Å². The maximum Gasteiger partial charge on any atom is 0.374 e. The molecule has 7 heteroatoms. The minimum Gasteiger partial charge on any atom is -0.475 e. The molecule has 2 rings (SSSR count). The Balaban J connectivity index is 2.64. The summed E-state index contributed by atoms with van der Waals surface area (Å²) >= 11 is 0. The van der Waals surface area contributed by atoms with Crippen LogP contribution in [0.2, 0.25) is 0 Å². The summed E-state index contributed by atoms with van der Waals surface area (Å²) in [4.78, 5) is 14.4. The van der Waals surface area contributed by atoms with Gasteiger partial charge in [0.2, 0.25) is 11.7 Å². The average Bonchev–Trinajstić information content (AvgIpc) is 2.82. The van der Waals surface area contributed by atoms with E-state index in [0.29, 0.717) is 22.6 Å². The number of halogens is 2. The van der Waals surface area contributed by atoms with E-state index in [1.807, 2.05) is 0 Å². The first-order valence-corrected chi connectivity index (χ1v) is 5.42. The zero-order chi connectivity index (χ0) is 14.3. The summed E-state index contributed by atoms with van der Waals surface area (Å²) in [5.41, 5.74) is 0.212. The molecule has 0 saturated heterocycles. The number of nitrogens with zero attached hydrogens (tertiary/aromatic N) is 1. The van der Waals surface area contributed by atoms with Crippen molar-refractivity contribution in [3.8, 4) is 11.5 Å². The Kier molecular flexibility index (Phi) is 3.13. The van der Waals surface area contributed by atoms with Crippen molar-refractivity contribution in [2.24, 2.45) is 0 Å². The van der Waals surface area contributed by atoms with E-state index >= 15 is 0 Å². The van der Waals surface area contributed by atoms with Gasteiger partial charge in [-0.2, -0.15) is 0 Å². The number of carboxylic acid groups (broad SMARTS) is 1. The zero-order valence-electron chi connectivity index (χ0n) is 10.5. The number of hydrogen-bond acceptors (Lipinski definition) is 4. The molecular formula is C12H11F2NO4. The molecule has 0 bridgehead atoms. The van der Waals surface area contributed by atoms with Gasteiger partial charge in [-0.05, 0) is 20.8 Å². The number of alkyl halides is 2. The Labute approximate surface area is 106 Å². The smallest absolute Gasteiger partial charge is 0.374 e. The van der Waals surface area contributed by atoms with E-state index in [0.717, 1.165) is 0 Å². The van der Waals surface area contributed by atoms with Gasteiger partial charge in [-0.1, -0.05) is 0 Å². The molecule has 1 N–H and O–H groups in total.